The van der Waals surface area contributed by atoms with E-state index in [1.54, 1.807) is 12.5 Å². The van der Waals surface area contributed by atoms with E-state index < -0.39 is 11.6 Å². The number of amides is 2. The Hall–Kier alpha value is -2.02. The van der Waals surface area contributed by atoms with Gasteiger partial charge in [0.15, 0.2) is 5.17 Å². The molecule has 0 saturated heterocycles. The number of urea groups is 1. The predicted molar refractivity (Wildman–Crippen MR) is 99.7 cm³/mol. The largest absolute Gasteiger partial charge is 0.378 e. The van der Waals surface area contributed by atoms with Crippen LogP contribution in [0.5, 0.6) is 0 Å². The molecule has 7 heteroatoms. The summed E-state index contributed by atoms with van der Waals surface area (Å²) in [6, 6.07) is 7.36. The maximum Gasteiger partial charge on any atom is 0.344 e. The molecule has 2 N–H and O–H groups in total. The molecule has 0 spiro atoms. The third-order valence-electron chi connectivity index (χ3n) is 2.79. The van der Waals surface area contributed by atoms with Crippen LogP contribution in [0.25, 0.3) is 0 Å². The molecule has 1 rings (SSSR count). The SMILES string of the molecule is CSC(=N)N(/N=C/c1ccc(N(C)C)cc1)C(=O)NC(C)(C)C. The van der Waals surface area contributed by atoms with Gasteiger partial charge in [-0.3, -0.25) is 5.41 Å². The minimum atomic E-state index is -0.419. The Kier molecular flexibility index (Phi) is 6.62. The van der Waals surface area contributed by atoms with Crippen molar-refractivity contribution in [2.24, 2.45) is 5.10 Å². The normalized spacial score (nSPS) is 11.4. The molecule has 0 atom stereocenters. The monoisotopic (exact) mass is 335 g/mol. The molecule has 126 valence electrons. The number of carbonyl (C=O) groups is 1. The van der Waals surface area contributed by atoms with Crippen LogP contribution in [0.1, 0.15) is 26.3 Å². The Morgan fingerprint density at radius 2 is 1.83 bits per heavy atom. The lowest BCUT2D eigenvalue weighted by atomic mass is 10.1. The van der Waals surface area contributed by atoms with E-state index in [0.29, 0.717) is 0 Å². The molecular formula is C16H25N5OS. The van der Waals surface area contributed by atoms with E-state index in [1.165, 1.54) is 0 Å². The highest BCUT2D eigenvalue weighted by Crippen LogP contribution is 2.12. The zero-order valence-electron chi connectivity index (χ0n) is 14.5. The van der Waals surface area contributed by atoms with Gasteiger partial charge in [-0.25, -0.2) is 4.79 Å². The minimum absolute atomic E-state index is 0.0629. The lowest BCUT2D eigenvalue weighted by molar-refractivity contribution is 0.213. The Morgan fingerprint density at radius 1 is 1.26 bits per heavy atom. The first-order chi connectivity index (χ1) is 10.6. The summed E-state index contributed by atoms with van der Waals surface area (Å²) in [6.45, 7) is 5.65. The standard InChI is InChI=1S/C16H25N5OS/c1-16(2,3)19-15(22)21(14(17)23-6)18-11-12-7-9-13(10-8-12)20(4)5/h7-11,17H,1-6H3,(H,19,22)/b17-14?,18-11+. The number of carbonyl (C=O) groups excluding carboxylic acids is 1. The molecule has 0 unspecified atom stereocenters. The van der Waals surface area contributed by atoms with Gasteiger partial charge in [0.2, 0.25) is 0 Å². The van der Waals surface area contributed by atoms with Crippen molar-refractivity contribution < 1.29 is 4.79 Å². The van der Waals surface area contributed by atoms with Crippen molar-refractivity contribution in [1.82, 2.24) is 10.3 Å². The van der Waals surface area contributed by atoms with E-state index in [4.69, 9.17) is 5.41 Å². The molecule has 0 radical (unpaired) electrons. The van der Waals surface area contributed by atoms with Crippen LogP contribution < -0.4 is 10.2 Å². The lowest BCUT2D eigenvalue weighted by Gasteiger charge is -2.24. The third kappa shape index (κ3) is 6.32. The number of hydrazone groups is 1. The zero-order chi connectivity index (χ0) is 17.6. The molecular weight excluding hydrogens is 310 g/mol. The molecule has 2 amide bonds. The number of thioether (sulfide) groups is 1. The number of nitrogens with one attached hydrogen (secondary N) is 2. The van der Waals surface area contributed by atoms with Crippen molar-refractivity contribution in [2.45, 2.75) is 26.3 Å². The van der Waals surface area contributed by atoms with Crippen LogP contribution >= 0.6 is 11.8 Å². The molecule has 0 bridgehead atoms. The van der Waals surface area contributed by atoms with E-state index in [1.807, 2.05) is 64.0 Å². The van der Waals surface area contributed by atoms with Crippen molar-refractivity contribution in [3.8, 4) is 0 Å². The first kappa shape index (κ1) is 19.0. The van der Waals surface area contributed by atoms with Crippen molar-refractivity contribution in [2.75, 3.05) is 25.3 Å². The van der Waals surface area contributed by atoms with Crippen molar-refractivity contribution in [3.05, 3.63) is 29.8 Å². The third-order valence-corrected chi connectivity index (χ3v) is 3.35. The number of amidine groups is 1. The van der Waals surface area contributed by atoms with Crippen LogP contribution in [0, 0.1) is 5.41 Å². The van der Waals surface area contributed by atoms with Crippen LogP contribution in [0.4, 0.5) is 10.5 Å². The maximum atomic E-state index is 12.3. The Bertz CT molecular complexity index is 575. The van der Waals surface area contributed by atoms with Crippen LogP contribution in [-0.4, -0.2) is 48.3 Å². The summed E-state index contributed by atoms with van der Waals surface area (Å²) in [5.74, 6) is 0. The van der Waals surface area contributed by atoms with Crippen LogP contribution in [-0.2, 0) is 0 Å². The van der Waals surface area contributed by atoms with E-state index >= 15 is 0 Å². The fourth-order valence-corrected chi connectivity index (χ4v) is 1.94. The van der Waals surface area contributed by atoms with Gasteiger partial charge in [0, 0.05) is 25.3 Å². The molecule has 0 heterocycles. The summed E-state index contributed by atoms with van der Waals surface area (Å²) in [4.78, 5) is 14.3. The minimum Gasteiger partial charge on any atom is -0.378 e. The highest BCUT2D eigenvalue weighted by atomic mass is 32.2. The molecule has 6 nitrogen and oxygen atoms in total. The molecule has 1 aromatic rings. The summed E-state index contributed by atoms with van der Waals surface area (Å²) in [7, 11) is 3.95. The Morgan fingerprint density at radius 3 is 2.26 bits per heavy atom. The lowest BCUT2D eigenvalue weighted by Crippen LogP contribution is -2.48. The van der Waals surface area contributed by atoms with Gasteiger partial charge < -0.3 is 10.2 Å². The van der Waals surface area contributed by atoms with Gasteiger partial charge in [-0.2, -0.15) is 10.1 Å². The van der Waals surface area contributed by atoms with Gasteiger partial charge in [-0.15, -0.1) is 0 Å². The summed E-state index contributed by atoms with van der Waals surface area (Å²) in [6.07, 6.45) is 3.31. The molecule has 23 heavy (non-hydrogen) atoms. The molecule has 0 saturated carbocycles. The number of rotatable bonds is 3. The van der Waals surface area contributed by atoms with Crippen LogP contribution in [0.2, 0.25) is 0 Å². The summed E-state index contributed by atoms with van der Waals surface area (Å²) >= 11 is 1.16. The zero-order valence-corrected chi connectivity index (χ0v) is 15.4. The number of nitrogens with zero attached hydrogens (tertiary/aromatic N) is 3. The summed E-state index contributed by atoms with van der Waals surface area (Å²) < 4.78 is 0. The molecule has 0 aromatic heterocycles. The second-order valence-electron chi connectivity index (χ2n) is 6.23. The number of anilines is 1. The Labute approximate surface area is 142 Å². The fraction of sp³-hybridized carbons (Fsp3) is 0.438. The highest BCUT2D eigenvalue weighted by molar-refractivity contribution is 8.13. The number of hydrogen-bond donors (Lipinski definition) is 2. The van der Waals surface area contributed by atoms with Gasteiger partial charge in [0.1, 0.15) is 0 Å². The first-order valence-corrected chi connectivity index (χ1v) is 8.42. The topological polar surface area (TPSA) is 71.8 Å². The van der Waals surface area contributed by atoms with Gasteiger partial charge in [-0.1, -0.05) is 23.9 Å². The average Bonchev–Trinajstić information content (AvgIpc) is 2.45. The summed E-state index contributed by atoms with van der Waals surface area (Å²) in [5.41, 5.74) is 1.55. The van der Waals surface area contributed by atoms with Crippen LogP contribution in [0.15, 0.2) is 29.4 Å². The highest BCUT2D eigenvalue weighted by Gasteiger charge is 2.22. The van der Waals surface area contributed by atoms with Gasteiger partial charge in [0.05, 0.1) is 6.21 Å². The van der Waals surface area contributed by atoms with Gasteiger partial charge in [-0.05, 0) is 44.7 Å². The quantitative estimate of drug-likeness (QED) is 0.506. The van der Waals surface area contributed by atoms with Crippen molar-refractivity contribution >= 4 is 34.9 Å². The van der Waals surface area contributed by atoms with Crippen LogP contribution in [0.3, 0.4) is 0 Å². The van der Waals surface area contributed by atoms with Crippen molar-refractivity contribution in [1.29, 1.82) is 5.41 Å². The van der Waals surface area contributed by atoms with E-state index in [9.17, 15) is 4.79 Å². The molecule has 0 aliphatic carbocycles. The number of hydrogen-bond acceptors (Lipinski definition) is 5. The van der Waals surface area contributed by atoms with Crippen molar-refractivity contribution in [3.63, 3.8) is 0 Å². The molecule has 0 aliphatic heterocycles. The smallest absolute Gasteiger partial charge is 0.344 e. The van der Waals surface area contributed by atoms with Gasteiger partial charge in [0.25, 0.3) is 0 Å². The van der Waals surface area contributed by atoms with E-state index in [-0.39, 0.29) is 5.17 Å². The summed E-state index contributed by atoms with van der Waals surface area (Å²) in [5, 5.41) is 16.0. The second-order valence-corrected chi connectivity index (χ2v) is 7.03. The van der Waals surface area contributed by atoms with E-state index in [0.717, 1.165) is 28.0 Å². The molecule has 0 fully saturated rings. The maximum absolute atomic E-state index is 12.3. The fourth-order valence-electron chi connectivity index (χ4n) is 1.64. The predicted octanol–water partition coefficient (Wildman–Crippen LogP) is 3.19. The number of benzene rings is 1. The first-order valence-electron chi connectivity index (χ1n) is 7.20. The van der Waals surface area contributed by atoms with E-state index in [2.05, 4.69) is 10.4 Å². The Balaban J connectivity index is 2.92. The molecule has 1 aromatic carbocycles. The second kappa shape index (κ2) is 8.01. The molecule has 0 aliphatic rings. The average molecular weight is 335 g/mol. The van der Waals surface area contributed by atoms with Gasteiger partial charge >= 0.3 is 6.03 Å².